The monoisotopic (exact) mass is 256 g/mol. The van der Waals surface area contributed by atoms with E-state index in [9.17, 15) is 5.11 Å². The molecule has 18 heavy (non-hydrogen) atoms. The molecule has 5 heteroatoms. The molecule has 2 fully saturated rings. The lowest BCUT2D eigenvalue weighted by molar-refractivity contribution is 0.0566. The van der Waals surface area contributed by atoms with Crippen molar-refractivity contribution in [1.29, 1.82) is 0 Å². The van der Waals surface area contributed by atoms with Crippen molar-refractivity contribution in [3.63, 3.8) is 0 Å². The van der Waals surface area contributed by atoms with Crippen LogP contribution >= 0.6 is 0 Å². The minimum atomic E-state index is -0.202. The Hall–Kier alpha value is -0.200. The van der Waals surface area contributed by atoms with E-state index in [2.05, 4.69) is 27.1 Å². The summed E-state index contributed by atoms with van der Waals surface area (Å²) in [5, 5.41) is 13.6. The molecule has 0 radical (unpaired) electrons. The summed E-state index contributed by atoms with van der Waals surface area (Å²) in [5.41, 5.74) is 0. The van der Waals surface area contributed by atoms with Gasteiger partial charge < -0.3 is 15.3 Å². The van der Waals surface area contributed by atoms with Crippen LogP contribution in [0.3, 0.4) is 0 Å². The van der Waals surface area contributed by atoms with E-state index < -0.39 is 0 Å². The van der Waals surface area contributed by atoms with Crippen molar-refractivity contribution in [2.75, 3.05) is 72.5 Å². The van der Waals surface area contributed by atoms with Crippen LogP contribution in [-0.2, 0) is 0 Å². The zero-order valence-corrected chi connectivity index (χ0v) is 11.6. The van der Waals surface area contributed by atoms with Gasteiger partial charge in [-0.2, -0.15) is 0 Å². The highest BCUT2D eigenvalue weighted by Crippen LogP contribution is 2.03. The van der Waals surface area contributed by atoms with Gasteiger partial charge in [-0.1, -0.05) is 0 Å². The molecule has 0 spiro atoms. The third-order valence-corrected chi connectivity index (χ3v) is 3.97. The van der Waals surface area contributed by atoms with Crippen LogP contribution in [0.25, 0.3) is 0 Å². The molecule has 5 nitrogen and oxygen atoms in total. The maximum Gasteiger partial charge on any atom is 0.0793 e. The molecule has 0 bridgehead atoms. The van der Waals surface area contributed by atoms with Gasteiger partial charge in [0.05, 0.1) is 6.10 Å². The van der Waals surface area contributed by atoms with Crippen LogP contribution in [0.15, 0.2) is 0 Å². The Bertz CT molecular complexity index is 223. The van der Waals surface area contributed by atoms with Crippen LogP contribution in [0.1, 0.15) is 6.42 Å². The van der Waals surface area contributed by atoms with Gasteiger partial charge in [-0.3, -0.25) is 9.80 Å². The molecule has 106 valence electrons. The van der Waals surface area contributed by atoms with E-state index in [1.54, 1.807) is 0 Å². The lowest BCUT2D eigenvalue weighted by atomic mass is 10.2. The molecule has 0 aromatic heterocycles. The van der Waals surface area contributed by atoms with Crippen LogP contribution in [0.5, 0.6) is 0 Å². The van der Waals surface area contributed by atoms with Gasteiger partial charge in [0.25, 0.3) is 0 Å². The summed E-state index contributed by atoms with van der Waals surface area (Å²) in [5.74, 6) is 0. The van der Waals surface area contributed by atoms with E-state index in [4.69, 9.17) is 0 Å². The molecule has 0 saturated carbocycles. The highest BCUT2D eigenvalue weighted by Gasteiger charge is 2.19. The number of rotatable bonds is 4. The van der Waals surface area contributed by atoms with Crippen molar-refractivity contribution in [2.24, 2.45) is 0 Å². The summed E-state index contributed by atoms with van der Waals surface area (Å²) in [7, 11) is 2.16. The second-order valence-electron chi connectivity index (χ2n) is 5.66. The van der Waals surface area contributed by atoms with Gasteiger partial charge in [-0.15, -0.1) is 0 Å². The van der Waals surface area contributed by atoms with Gasteiger partial charge >= 0.3 is 0 Å². The van der Waals surface area contributed by atoms with Crippen LogP contribution in [-0.4, -0.2) is 98.4 Å². The van der Waals surface area contributed by atoms with Crippen LogP contribution in [0.2, 0.25) is 0 Å². The number of aliphatic hydroxyl groups is 1. The van der Waals surface area contributed by atoms with Gasteiger partial charge in [-0.05, 0) is 26.6 Å². The molecule has 2 aliphatic heterocycles. The Morgan fingerprint density at radius 2 is 1.61 bits per heavy atom. The van der Waals surface area contributed by atoms with Gasteiger partial charge in [0.2, 0.25) is 0 Å². The fraction of sp³-hybridized carbons (Fsp3) is 1.00. The number of likely N-dealkylation sites (N-methyl/N-ethyl adjacent to an activating group) is 1. The summed E-state index contributed by atoms with van der Waals surface area (Å²) in [4.78, 5) is 7.13. The second kappa shape index (κ2) is 7.40. The highest BCUT2D eigenvalue weighted by molar-refractivity contribution is 4.75. The number of hydrogen-bond acceptors (Lipinski definition) is 5. The maximum atomic E-state index is 10.2. The minimum absolute atomic E-state index is 0.202. The first kappa shape index (κ1) is 14.2. The number of nitrogens with one attached hydrogen (secondary N) is 1. The quantitative estimate of drug-likeness (QED) is 0.668. The lowest BCUT2D eigenvalue weighted by Crippen LogP contribution is -2.49. The van der Waals surface area contributed by atoms with E-state index >= 15 is 0 Å². The molecule has 2 N–H and O–H groups in total. The molecule has 2 heterocycles. The average molecular weight is 256 g/mol. The van der Waals surface area contributed by atoms with Crippen molar-refractivity contribution in [3.8, 4) is 0 Å². The summed E-state index contributed by atoms with van der Waals surface area (Å²) < 4.78 is 0. The summed E-state index contributed by atoms with van der Waals surface area (Å²) >= 11 is 0. The normalized spacial score (nSPS) is 27.0. The second-order valence-corrected chi connectivity index (χ2v) is 5.66. The molecule has 1 atom stereocenters. The molecule has 2 aliphatic rings. The van der Waals surface area contributed by atoms with Crippen molar-refractivity contribution in [3.05, 3.63) is 0 Å². The van der Waals surface area contributed by atoms with Crippen LogP contribution in [0.4, 0.5) is 0 Å². The Labute approximate surface area is 111 Å². The van der Waals surface area contributed by atoms with Crippen molar-refractivity contribution in [2.45, 2.75) is 12.5 Å². The lowest BCUT2D eigenvalue weighted by Gasteiger charge is -2.34. The number of β-amino-alcohol motifs (C(OH)–C–C–N with tert-alkyl or cyclic N) is 1. The van der Waals surface area contributed by atoms with E-state index in [1.807, 2.05) is 0 Å². The predicted octanol–water partition coefficient (Wildman–Crippen LogP) is -1.11. The minimum Gasteiger partial charge on any atom is -0.390 e. The fourth-order valence-electron chi connectivity index (χ4n) is 2.77. The van der Waals surface area contributed by atoms with Gasteiger partial charge in [0, 0.05) is 52.4 Å². The van der Waals surface area contributed by atoms with E-state index in [-0.39, 0.29) is 6.10 Å². The van der Waals surface area contributed by atoms with Crippen molar-refractivity contribution in [1.82, 2.24) is 20.0 Å². The topological polar surface area (TPSA) is 42.0 Å². The first-order valence-corrected chi connectivity index (χ1v) is 7.26. The Balaban J connectivity index is 1.66. The van der Waals surface area contributed by atoms with Crippen molar-refractivity contribution < 1.29 is 5.11 Å². The molecule has 0 amide bonds. The number of nitrogens with zero attached hydrogens (tertiary/aromatic N) is 3. The summed E-state index contributed by atoms with van der Waals surface area (Å²) in [6.45, 7) is 10.5. The predicted molar refractivity (Wildman–Crippen MR) is 73.9 cm³/mol. The zero-order valence-electron chi connectivity index (χ0n) is 11.6. The average Bonchev–Trinajstić information content (AvgIpc) is 2.61. The Kier molecular flexibility index (Phi) is 5.85. The van der Waals surface area contributed by atoms with E-state index in [0.717, 1.165) is 65.4 Å². The molecule has 0 aromatic rings. The van der Waals surface area contributed by atoms with E-state index in [0.29, 0.717) is 0 Å². The third-order valence-electron chi connectivity index (χ3n) is 3.97. The van der Waals surface area contributed by atoms with Gasteiger partial charge in [-0.25, -0.2) is 0 Å². The Morgan fingerprint density at radius 3 is 2.33 bits per heavy atom. The molecule has 0 aromatic carbocycles. The van der Waals surface area contributed by atoms with Crippen molar-refractivity contribution >= 4 is 0 Å². The molecule has 0 unspecified atom stereocenters. The van der Waals surface area contributed by atoms with Crippen LogP contribution < -0.4 is 5.32 Å². The first-order chi connectivity index (χ1) is 8.74. The molecule has 2 saturated heterocycles. The third kappa shape index (κ3) is 4.82. The number of aliphatic hydroxyl groups excluding tert-OH is 1. The van der Waals surface area contributed by atoms with E-state index in [1.165, 1.54) is 6.42 Å². The van der Waals surface area contributed by atoms with Crippen LogP contribution in [0, 0.1) is 0 Å². The molecular weight excluding hydrogens is 228 g/mol. The van der Waals surface area contributed by atoms with Gasteiger partial charge in [0.1, 0.15) is 0 Å². The highest BCUT2D eigenvalue weighted by atomic mass is 16.3. The zero-order chi connectivity index (χ0) is 12.8. The molecular formula is C13H28N4O. The summed E-state index contributed by atoms with van der Waals surface area (Å²) in [6.07, 6.45) is 0.993. The first-order valence-electron chi connectivity index (χ1n) is 7.26. The fourth-order valence-corrected chi connectivity index (χ4v) is 2.77. The number of piperazine rings is 1. The largest absolute Gasteiger partial charge is 0.390 e. The number of hydrogen-bond donors (Lipinski definition) is 2. The standard InChI is InChI=1S/C13H28N4O/c1-15-7-9-17(10-8-15)12-13(18)11-16-5-2-3-14-4-6-16/h13-14,18H,2-12H2,1H3/t13-/m0/s1. The maximum absolute atomic E-state index is 10.2. The molecule has 2 rings (SSSR count). The smallest absolute Gasteiger partial charge is 0.0793 e. The summed E-state index contributed by atoms with van der Waals surface area (Å²) in [6, 6.07) is 0. The Morgan fingerprint density at radius 1 is 0.944 bits per heavy atom. The molecule has 0 aliphatic carbocycles. The van der Waals surface area contributed by atoms with Gasteiger partial charge in [0.15, 0.2) is 0 Å². The SMILES string of the molecule is CN1CCN(C[C@@H](O)CN2CCCNCC2)CC1.